The number of urea groups is 1. The third kappa shape index (κ3) is 6.67. The lowest BCUT2D eigenvalue weighted by atomic mass is 10.00. The highest BCUT2D eigenvalue weighted by atomic mass is 32.2. The van der Waals surface area contributed by atoms with Crippen LogP contribution in [0.25, 0.3) is 5.57 Å². The van der Waals surface area contributed by atoms with Crippen LogP contribution in [0.3, 0.4) is 0 Å². The zero-order valence-electron chi connectivity index (χ0n) is 18.3. The number of carbonyl (C=O) groups is 2. The Hall–Kier alpha value is -3.64. The molecule has 1 aliphatic heterocycles. The maximum atomic E-state index is 12.8. The molecule has 9 heteroatoms. The van der Waals surface area contributed by atoms with Crippen molar-refractivity contribution in [2.24, 2.45) is 0 Å². The zero-order valence-corrected chi connectivity index (χ0v) is 19.1. The molecular formula is C24H26N4O4S. The molecule has 0 radical (unpaired) electrons. The standard InChI is InChI=1S/C24H26N4O4S/c1-33(31,32)21-9-7-19(8-10-21)20-11-15-28(16-12-20)24(30)27-22(23(29)26-14-13-25)17-18-5-3-2-4-6-18/h2-11,22H,12,14-17H2,1H3,(H,26,29)(H,27,30). The lowest BCUT2D eigenvalue weighted by Gasteiger charge is -2.29. The molecule has 33 heavy (non-hydrogen) atoms. The van der Waals surface area contributed by atoms with Crippen molar-refractivity contribution in [2.75, 3.05) is 25.9 Å². The van der Waals surface area contributed by atoms with E-state index in [9.17, 15) is 18.0 Å². The molecule has 1 aliphatic rings. The van der Waals surface area contributed by atoms with E-state index >= 15 is 0 Å². The van der Waals surface area contributed by atoms with Crippen LogP contribution < -0.4 is 10.6 Å². The first-order chi connectivity index (χ1) is 15.8. The minimum atomic E-state index is -3.25. The Kier molecular flexibility index (Phi) is 7.85. The molecule has 1 heterocycles. The summed E-state index contributed by atoms with van der Waals surface area (Å²) in [7, 11) is -3.25. The molecule has 0 fully saturated rings. The second-order valence-electron chi connectivity index (χ2n) is 7.79. The van der Waals surface area contributed by atoms with Crippen molar-refractivity contribution in [2.45, 2.75) is 23.8 Å². The van der Waals surface area contributed by atoms with Crippen molar-refractivity contribution in [3.05, 3.63) is 71.8 Å². The first-order valence-corrected chi connectivity index (χ1v) is 12.4. The molecule has 2 aromatic rings. The third-order valence-corrected chi connectivity index (χ3v) is 6.52. The van der Waals surface area contributed by atoms with E-state index in [0.29, 0.717) is 25.9 Å². The van der Waals surface area contributed by atoms with E-state index in [4.69, 9.17) is 5.26 Å². The van der Waals surface area contributed by atoms with Gasteiger partial charge in [0.25, 0.3) is 0 Å². The molecule has 0 spiro atoms. The molecule has 0 aliphatic carbocycles. The van der Waals surface area contributed by atoms with Gasteiger partial charge in [0.2, 0.25) is 5.91 Å². The van der Waals surface area contributed by atoms with Gasteiger partial charge in [-0.15, -0.1) is 0 Å². The van der Waals surface area contributed by atoms with Gasteiger partial charge in [0.15, 0.2) is 9.84 Å². The molecule has 3 amide bonds. The first kappa shape index (κ1) is 24.0. The van der Waals surface area contributed by atoms with Crippen molar-refractivity contribution in [1.29, 1.82) is 5.26 Å². The number of sulfone groups is 1. The summed E-state index contributed by atoms with van der Waals surface area (Å²) < 4.78 is 23.3. The number of hydrogen-bond acceptors (Lipinski definition) is 5. The van der Waals surface area contributed by atoms with Crippen LogP contribution in [0.15, 0.2) is 65.6 Å². The predicted molar refractivity (Wildman–Crippen MR) is 125 cm³/mol. The maximum absolute atomic E-state index is 12.8. The van der Waals surface area contributed by atoms with Gasteiger partial charge in [-0.1, -0.05) is 48.5 Å². The lowest BCUT2D eigenvalue weighted by Crippen LogP contribution is -2.52. The van der Waals surface area contributed by atoms with Gasteiger partial charge < -0.3 is 15.5 Å². The molecule has 3 rings (SSSR count). The van der Waals surface area contributed by atoms with Gasteiger partial charge in [-0.3, -0.25) is 4.79 Å². The quantitative estimate of drug-likeness (QED) is 0.606. The predicted octanol–water partition coefficient (Wildman–Crippen LogP) is 2.14. The monoisotopic (exact) mass is 466 g/mol. The summed E-state index contributed by atoms with van der Waals surface area (Å²) >= 11 is 0. The molecule has 0 aromatic heterocycles. The van der Waals surface area contributed by atoms with Gasteiger partial charge in [-0.2, -0.15) is 5.26 Å². The smallest absolute Gasteiger partial charge is 0.318 e. The average Bonchev–Trinajstić information content (AvgIpc) is 2.82. The zero-order chi connectivity index (χ0) is 23.8. The molecule has 1 atom stereocenters. The van der Waals surface area contributed by atoms with Gasteiger partial charge in [0.1, 0.15) is 12.6 Å². The number of rotatable bonds is 7. The van der Waals surface area contributed by atoms with Crippen LogP contribution in [0.2, 0.25) is 0 Å². The number of hydrogen-bond donors (Lipinski definition) is 2. The van der Waals surface area contributed by atoms with Gasteiger partial charge in [0.05, 0.1) is 11.0 Å². The Balaban J connectivity index is 1.65. The lowest BCUT2D eigenvalue weighted by molar-refractivity contribution is -0.122. The minimum Gasteiger partial charge on any atom is -0.341 e. The van der Waals surface area contributed by atoms with Gasteiger partial charge >= 0.3 is 6.03 Å². The Bertz CT molecular complexity index is 1170. The Morgan fingerprint density at radius 1 is 1.12 bits per heavy atom. The topological polar surface area (TPSA) is 119 Å². The summed E-state index contributed by atoms with van der Waals surface area (Å²) in [4.78, 5) is 27.2. The van der Waals surface area contributed by atoms with E-state index in [2.05, 4.69) is 10.6 Å². The van der Waals surface area contributed by atoms with Crippen molar-refractivity contribution in [1.82, 2.24) is 15.5 Å². The molecule has 8 nitrogen and oxygen atoms in total. The number of nitriles is 1. The fraction of sp³-hybridized carbons (Fsp3) is 0.292. The van der Waals surface area contributed by atoms with Crippen molar-refractivity contribution < 1.29 is 18.0 Å². The van der Waals surface area contributed by atoms with E-state index in [-0.39, 0.29) is 17.5 Å². The van der Waals surface area contributed by atoms with E-state index in [1.54, 1.807) is 29.2 Å². The fourth-order valence-corrected chi connectivity index (χ4v) is 4.21. The van der Waals surface area contributed by atoms with Crippen molar-refractivity contribution in [3.63, 3.8) is 0 Å². The number of carbonyl (C=O) groups excluding carboxylic acids is 2. The molecule has 2 N–H and O–H groups in total. The molecule has 1 unspecified atom stereocenters. The SMILES string of the molecule is CS(=O)(=O)c1ccc(C2=CCN(C(=O)NC(Cc3ccccc3)C(=O)NCC#N)CC2)cc1. The summed E-state index contributed by atoms with van der Waals surface area (Å²) in [6.07, 6.45) is 4.02. The van der Waals surface area contributed by atoms with Crippen LogP contribution in [0.4, 0.5) is 4.79 Å². The summed E-state index contributed by atoms with van der Waals surface area (Å²) in [5, 5.41) is 14.1. The van der Waals surface area contributed by atoms with E-state index in [0.717, 1.165) is 16.7 Å². The summed E-state index contributed by atoms with van der Waals surface area (Å²) in [6, 6.07) is 16.8. The number of nitrogens with one attached hydrogen (secondary N) is 2. The van der Waals surface area contributed by atoms with Crippen LogP contribution in [0.1, 0.15) is 17.5 Å². The molecular weight excluding hydrogens is 440 g/mol. The highest BCUT2D eigenvalue weighted by Gasteiger charge is 2.25. The van der Waals surface area contributed by atoms with Crippen molar-refractivity contribution in [3.8, 4) is 6.07 Å². The maximum Gasteiger partial charge on any atom is 0.318 e. The van der Waals surface area contributed by atoms with Gasteiger partial charge in [0, 0.05) is 25.8 Å². The van der Waals surface area contributed by atoms with E-state index in [1.165, 1.54) is 6.26 Å². The van der Waals surface area contributed by atoms with Crippen LogP contribution in [0, 0.1) is 11.3 Å². The third-order valence-electron chi connectivity index (χ3n) is 5.39. The summed E-state index contributed by atoms with van der Waals surface area (Å²) in [6.45, 7) is 0.699. The molecule has 2 aromatic carbocycles. The number of amides is 3. The normalized spacial score (nSPS) is 14.5. The fourth-order valence-electron chi connectivity index (χ4n) is 3.58. The van der Waals surface area contributed by atoms with E-state index < -0.39 is 21.8 Å². The van der Waals surface area contributed by atoms with Crippen molar-refractivity contribution >= 4 is 27.3 Å². The van der Waals surface area contributed by atoms with Crippen LogP contribution >= 0.6 is 0 Å². The Morgan fingerprint density at radius 2 is 1.82 bits per heavy atom. The van der Waals surface area contributed by atoms with Crippen LogP contribution in [0.5, 0.6) is 0 Å². The second-order valence-corrected chi connectivity index (χ2v) is 9.81. The van der Waals surface area contributed by atoms with Gasteiger partial charge in [-0.05, 0) is 35.3 Å². The largest absolute Gasteiger partial charge is 0.341 e. The van der Waals surface area contributed by atoms with Gasteiger partial charge in [-0.25, -0.2) is 13.2 Å². The summed E-state index contributed by atoms with van der Waals surface area (Å²) in [5.74, 6) is -0.409. The first-order valence-electron chi connectivity index (χ1n) is 10.5. The Morgan fingerprint density at radius 3 is 2.39 bits per heavy atom. The average molecular weight is 467 g/mol. The molecule has 172 valence electrons. The molecule has 0 saturated carbocycles. The highest BCUT2D eigenvalue weighted by Crippen LogP contribution is 2.24. The second kappa shape index (κ2) is 10.8. The molecule has 0 bridgehead atoms. The number of benzene rings is 2. The van der Waals surface area contributed by atoms with Crippen LogP contribution in [-0.2, 0) is 21.1 Å². The Labute approximate surface area is 193 Å². The van der Waals surface area contributed by atoms with E-state index in [1.807, 2.05) is 42.5 Å². The summed E-state index contributed by atoms with van der Waals surface area (Å²) in [5.41, 5.74) is 2.85. The van der Waals surface area contributed by atoms with Crippen LogP contribution in [-0.4, -0.2) is 57.2 Å². The number of nitrogens with zero attached hydrogens (tertiary/aromatic N) is 2. The minimum absolute atomic E-state index is 0.131. The highest BCUT2D eigenvalue weighted by molar-refractivity contribution is 7.90. The molecule has 0 saturated heterocycles.